The molecule has 0 spiro atoms. The van der Waals surface area contributed by atoms with Gasteiger partial charge >= 0.3 is 0 Å². The Kier molecular flexibility index (Phi) is 6.06. The van der Waals surface area contributed by atoms with Crippen molar-refractivity contribution in [3.63, 3.8) is 0 Å². The minimum Gasteiger partial charge on any atom is -0.0622 e. The molecule has 30 heavy (non-hydrogen) atoms. The van der Waals surface area contributed by atoms with Gasteiger partial charge in [0.25, 0.3) is 0 Å². The van der Waals surface area contributed by atoms with Crippen molar-refractivity contribution >= 4 is 23.3 Å². The third kappa shape index (κ3) is 4.50. The van der Waals surface area contributed by atoms with Gasteiger partial charge in [0.05, 0.1) is 0 Å². The van der Waals surface area contributed by atoms with Gasteiger partial charge in [-0.05, 0) is 70.5 Å². The third-order valence-electron chi connectivity index (χ3n) is 5.38. The Balaban J connectivity index is 2.01. The molecular formula is C30H26. The largest absolute Gasteiger partial charge is 0.0622 e. The molecule has 0 saturated carbocycles. The van der Waals surface area contributed by atoms with Crippen molar-refractivity contribution in [2.24, 2.45) is 0 Å². The number of benzene rings is 4. The van der Waals surface area contributed by atoms with Gasteiger partial charge in [0.15, 0.2) is 0 Å². The van der Waals surface area contributed by atoms with Gasteiger partial charge in [0.1, 0.15) is 0 Å². The molecule has 0 saturated heterocycles. The topological polar surface area (TPSA) is 0 Å². The summed E-state index contributed by atoms with van der Waals surface area (Å²) in [4.78, 5) is 0. The number of hydrogen-bond acceptors (Lipinski definition) is 0. The van der Waals surface area contributed by atoms with Crippen LogP contribution in [0.15, 0.2) is 109 Å². The second kappa shape index (κ2) is 9.24. The average molecular weight is 387 g/mol. The first-order valence-corrected chi connectivity index (χ1v) is 10.4. The Labute approximate surface area is 179 Å². The van der Waals surface area contributed by atoms with Crippen molar-refractivity contribution in [3.05, 3.63) is 143 Å². The van der Waals surface area contributed by atoms with Gasteiger partial charge in [0.2, 0.25) is 0 Å². The van der Waals surface area contributed by atoms with Gasteiger partial charge < -0.3 is 0 Å². The van der Waals surface area contributed by atoms with Crippen molar-refractivity contribution in [1.29, 1.82) is 0 Å². The van der Waals surface area contributed by atoms with Gasteiger partial charge in [0, 0.05) is 0 Å². The highest BCUT2D eigenvalue weighted by atomic mass is 14.2. The van der Waals surface area contributed by atoms with Crippen LogP contribution in [0.4, 0.5) is 0 Å². The van der Waals surface area contributed by atoms with E-state index in [0.717, 1.165) is 0 Å². The molecule has 4 aromatic carbocycles. The van der Waals surface area contributed by atoms with Gasteiger partial charge in [-0.2, -0.15) is 0 Å². The van der Waals surface area contributed by atoms with E-state index in [4.69, 9.17) is 0 Å². The van der Waals surface area contributed by atoms with E-state index in [1.807, 2.05) is 0 Å². The molecule has 146 valence electrons. The zero-order chi connectivity index (χ0) is 20.8. The summed E-state index contributed by atoms with van der Waals surface area (Å²) in [5.74, 6) is 0. The lowest BCUT2D eigenvalue weighted by molar-refractivity contribution is 1.41. The van der Waals surface area contributed by atoms with Crippen LogP contribution in [-0.4, -0.2) is 0 Å². The number of hydrogen-bond donors (Lipinski definition) is 0. The molecule has 0 N–H and O–H groups in total. The van der Waals surface area contributed by atoms with Crippen LogP contribution < -0.4 is 0 Å². The molecular weight excluding hydrogens is 360 g/mol. The standard InChI is InChI=1S/C30H26/c1-23-13-9-11-19-27(23)29(21-25-15-5-3-6-16-25)30(22-26-17-7-4-8-18-26)28-20-12-10-14-24(28)2/h3-22H,1-2H3/b29-21+,30-22+. The molecule has 0 nitrogen and oxygen atoms in total. The van der Waals surface area contributed by atoms with E-state index in [9.17, 15) is 0 Å². The Hall–Kier alpha value is -3.64. The van der Waals surface area contributed by atoms with E-state index < -0.39 is 0 Å². The van der Waals surface area contributed by atoms with E-state index in [1.165, 1.54) is 44.5 Å². The first-order valence-electron chi connectivity index (χ1n) is 10.4. The summed E-state index contributed by atoms with van der Waals surface area (Å²) in [6.45, 7) is 4.37. The maximum Gasteiger partial charge on any atom is -0.00965 e. The highest BCUT2D eigenvalue weighted by Crippen LogP contribution is 2.37. The van der Waals surface area contributed by atoms with Crippen molar-refractivity contribution < 1.29 is 0 Å². The van der Waals surface area contributed by atoms with Crippen molar-refractivity contribution in [1.82, 2.24) is 0 Å². The molecule has 0 aliphatic carbocycles. The fourth-order valence-corrected chi connectivity index (χ4v) is 3.78. The monoisotopic (exact) mass is 386 g/mol. The fourth-order valence-electron chi connectivity index (χ4n) is 3.78. The maximum atomic E-state index is 2.31. The van der Waals surface area contributed by atoms with E-state index >= 15 is 0 Å². The first kappa shape index (κ1) is 19.7. The van der Waals surface area contributed by atoms with Crippen LogP contribution in [-0.2, 0) is 0 Å². The molecule has 0 aliphatic heterocycles. The lowest BCUT2D eigenvalue weighted by atomic mass is 9.86. The molecule has 4 aromatic rings. The van der Waals surface area contributed by atoms with Crippen LogP contribution >= 0.6 is 0 Å². The zero-order valence-corrected chi connectivity index (χ0v) is 17.5. The predicted octanol–water partition coefficient (Wildman–Crippen LogP) is 8.08. The van der Waals surface area contributed by atoms with Gasteiger partial charge in [-0.1, -0.05) is 109 Å². The average Bonchev–Trinajstić information content (AvgIpc) is 2.79. The minimum absolute atomic E-state index is 1.20. The van der Waals surface area contributed by atoms with E-state index in [0.29, 0.717) is 0 Å². The number of allylic oxidation sites excluding steroid dienone is 2. The molecule has 0 radical (unpaired) electrons. The molecule has 0 unspecified atom stereocenters. The predicted molar refractivity (Wildman–Crippen MR) is 131 cm³/mol. The molecule has 0 heteroatoms. The zero-order valence-electron chi connectivity index (χ0n) is 17.5. The van der Waals surface area contributed by atoms with Crippen LogP contribution in [0.2, 0.25) is 0 Å². The van der Waals surface area contributed by atoms with Crippen LogP contribution in [0.5, 0.6) is 0 Å². The van der Waals surface area contributed by atoms with Crippen molar-refractivity contribution in [2.75, 3.05) is 0 Å². The smallest absolute Gasteiger partial charge is 0.00965 e. The lowest BCUT2D eigenvalue weighted by Crippen LogP contribution is -1.96. The van der Waals surface area contributed by atoms with Crippen LogP contribution in [0.3, 0.4) is 0 Å². The molecule has 0 aromatic heterocycles. The van der Waals surface area contributed by atoms with Crippen LogP contribution in [0, 0.1) is 13.8 Å². The Bertz CT molecular complexity index is 1080. The maximum absolute atomic E-state index is 2.31. The van der Waals surface area contributed by atoms with Gasteiger partial charge in [-0.15, -0.1) is 0 Å². The summed E-state index contributed by atoms with van der Waals surface area (Å²) in [6.07, 6.45) is 4.62. The summed E-state index contributed by atoms with van der Waals surface area (Å²) < 4.78 is 0. The summed E-state index contributed by atoms with van der Waals surface area (Å²) >= 11 is 0. The normalized spacial score (nSPS) is 12.1. The molecule has 0 amide bonds. The number of rotatable bonds is 5. The SMILES string of the molecule is Cc1ccccc1C(=C\c1ccccc1)/C(=C/c1ccccc1)c1ccccc1C. The molecule has 4 rings (SSSR count). The second-order valence-corrected chi connectivity index (χ2v) is 7.57. The first-order chi connectivity index (χ1) is 14.7. The molecule has 0 atom stereocenters. The molecule has 0 bridgehead atoms. The summed E-state index contributed by atoms with van der Waals surface area (Å²) in [5.41, 5.74) is 9.92. The van der Waals surface area contributed by atoms with Crippen molar-refractivity contribution in [3.8, 4) is 0 Å². The van der Waals surface area contributed by atoms with Gasteiger partial charge in [-0.25, -0.2) is 0 Å². The van der Waals surface area contributed by atoms with E-state index in [2.05, 4.69) is 135 Å². The quantitative estimate of drug-likeness (QED) is 0.240. The van der Waals surface area contributed by atoms with Crippen LogP contribution in [0.25, 0.3) is 23.3 Å². The second-order valence-electron chi connectivity index (χ2n) is 7.57. The molecule has 0 aliphatic rings. The highest BCUT2D eigenvalue weighted by molar-refractivity contribution is 6.16. The Morgan fingerprint density at radius 3 is 1.13 bits per heavy atom. The lowest BCUT2D eigenvalue weighted by Gasteiger charge is -2.18. The molecule has 0 heterocycles. The third-order valence-corrected chi connectivity index (χ3v) is 5.38. The van der Waals surface area contributed by atoms with Gasteiger partial charge in [-0.3, -0.25) is 0 Å². The summed E-state index contributed by atoms with van der Waals surface area (Å²) in [7, 11) is 0. The number of aryl methyl sites for hydroxylation is 2. The fraction of sp³-hybridized carbons (Fsp3) is 0.0667. The highest BCUT2D eigenvalue weighted by Gasteiger charge is 2.15. The Morgan fingerprint density at radius 2 is 0.767 bits per heavy atom. The summed E-state index contributed by atoms with van der Waals surface area (Å²) in [5, 5.41) is 0. The van der Waals surface area contributed by atoms with Crippen molar-refractivity contribution in [2.45, 2.75) is 13.8 Å². The van der Waals surface area contributed by atoms with Crippen LogP contribution in [0.1, 0.15) is 33.4 Å². The summed E-state index contributed by atoms with van der Waals surface area (Å²) in [6, 6.07) is 38.4. The Morgan fingerprint density at radius 1 is 0.433 bits per heavy atom. The minimum atomic E-state index is 1.20. The van der Waals surface area contributed by atoms with E-state index in [-0.39, 0.29) is 0 Å². The van der Waals surface area contributed by atoms with E-state index in [1.54, 1.807) is 0 Å². The molecule has 0 fully saturated rings.